The van der Waals surface area contributed by atoms with E-state index < -0.39 is 12.1 Å². The van der Waals surface area contributed by atoms with Gasteiger partial charge in [0, 0.05) is 11.4 Å². The summed E-state index contributed by atoms with van der Waals surface area (Å²) in [6.45, 7) is 5.52. The first kappa shape index (κ1) is 25.4. The number of carbonyl (C=O) groups is 2. The summed E-state index contributed by atoms with van der Waals surface area (Å²) < 4.78 is 5.36. The molecule has 7 heteroatoms. The van der Waals surface area contributed by atoms with E-state index in [9.17, 15) is 9.59 Å². The summed E-state index contributed by atoms with van der Waals surface area (Å²) in [4.78, 5) is 29.7. The standard InChI is InChI=1S/C26H37N3O3S/c1-3-32-26(31)23(13-12-20-9-5-4-6-10-20)28-22(11-7-8-16-27)25(30)29-17-14-21-15-18-33-24(21)19(29)2/h4-6,9-10,15,18-19,22-23,28H,3,7-8,11-14,16-17,27H2,1-2H3/t19?,22-,23-/m0/s1. The Kier molecular flexibility index (Phi) is 9.91. The molecule has 1 aromatic carbocycles. The van der Waals surface area contributed by atoms with Crippen molar-refractivity contribution in [2.75, 3.05) is 19.7 Å². The van der Waals surface area contributed by atoms with Crippen molar-refractivity contribution in [3.8, 4) is 0 Å². The molecule has 6 nitrogen and oxygen atoms in total. The molecule has 3 atom stereocenters. The SMILES string of the molecule is CCOC(=O)[C@H](CCc1ccccc1)N[C@@H](CCCCN)C(=O)N1CCc2ccsc2C1C. The van der Waals surface area contributed by atoms with E-state index in [4.69, 9.17) is 10.5 Å². The Hall–Kier alpha value is -2.22. The molecular weight excluding hydrogens is 434 g/mol. The van der Waals surface area contributed by atoms with Gasteiger partial charge in [0.25, 0.3) is 0 Å². The van der Waals surface area contributed by atoms with Gasteiger partial charge in [-0.05, 0) is 75.1 Å². The highest BCUT2D eigenvalue weighted by Gasteiger charge is 2.34. The van der Waals surface area contributed by atoms with Gasteiger partial charge in [-0.25, -0.2) is 0 Å². The minimum Gasteiger partial charge on any atom is -0.465 e. The number of fused-ring (bicyclic) bond motifs is 1. The van der Waals surface area contributed by atoms with Crippen molar-refractivity contribution in [3.63, 3.8) is 0 Å². The van der Waals surface area contributed by atoms with Gasteiger partial charge in [0.15, 0.2) is 0 Å². The van der Waals surface area contributed by atoms with E-state index in [1.54, 1.807) is 11.3 Å². The fourth-order valence-electron chi connectivity index (χ4n) is 4.48. The van der Waals surface area contributed by atoms with Crippen LogP contribution in [0.3, 0.4) is 0 Å². The van der Waals surface area contributed by atoms with Crippen LogP contribution in [0, 0.1) is 0 Å². The molecule has 3 rings (SSSR count). The zero-order valence-corrected chi connectivity index (χ0v) is 20.6. The van der Waals surface area contributed by atoms with Gasteiger partial charge in [-0.3, -0.25) is 14.9 Å². The Morgan fingerprint density at radius 2 is 1.97 bits per heavy atom. The van der Waals surface area contributed by atoms with Gasteiger partial charge in [-0.1, -0.05) is 36.8 Å². The molecule has 1 unspecified atom stereocenters. The summed E-state index contributed by atoms with van der Waals surface area (Å²) in [5.74, 6) is -0.232. The van der Waals surface area contributed by atoms with Gasteiger partial charge in [0.2, 0.25) is 5.91 Å². The van der Waals surface area contributed by atoms with Crippen LogP contribution >= 0.6 is 11.3 Å². The fraction of sp³-hybridized carbons (Fsp3) is 0.538. The molecule has 0 aliphatic carbocycles. The molecule has 1 aromatic heterocycles. The average molecular weight is 472 g/mol. The van der Waals surface area contributed by atoms with E-state index in [1.165, 1.54) is 10.4 Å². The van der Waals surface area contributed by atoms with Crippen molar-refractivity contribution in [1.29, 1.82) is 0 Å². The molecular formula is C26H37N3O3S. The number of hydrogen-bond acceptors (Lipinski definition) is 6. The van der Waals surface area contributed by atoms with Gasteiger partial charge < -0.3 is 15.4 Å². The Balaban J connectivity index is 1.74. The van der Waals surface area contributed by atoms with E-state index in [0.717, 1.165) is 31.2 Å². The van der Waals surface area contributed by atoms with Gasteiger partial charge in [0.1, 0.15) is 6.04 Å². The summed E-state index contributed by atoms with van der Waals surface area (Å²) in [7, 11) is 0. The Labute approximate surface area is 201 Å². The molecule has 33 heavy (non-hydrogen) atoms. The van der Waals surface area contributed by atoms with Crippen LogP contribution in [0.4, 0.5) is 0 Å². The average Bonchev–Trinajstić information content (AvgIpc) is 3.31. The number of unbranched alkanes of at least 4 members (excludes halogenated alkanes) is 1. The highest BCUT2D eigenvalue weighted by molar-refractivity contribution is 7.10. The van der Waals surface area contributed by atoms with Crippen LogP contribution in [-0.4, -0.2) is 48.6 Å². The fourth-order valence-corrected chi connectivity index (χ4v) is 5.50. The Bertz CT molecular complexity index is 886. The number of esters is 1. The summed E-state index contributed by atoms with van der Waals surface area (Å²) in [5, 5.41) is 5.50. The molecule has 1 aliphatic rings. The molecule has 2 heterocycles. The maximum Gasteiger partial charge on any atom is 0.323 e. The van der Waals surface area contributed by atoms with Crippen LogP contribution in [0.5, 0.6) is 0 Å². The van der Waals surface area contributed by atoms with Crippen molar-refractivity contribution in [2.24, 2.45) is 5.73 Å². The van der Waals surface area contributed by atoms with Crippen LogP contribution in [0.2, 0.25) is 0 Å². The number of thiophene rings is 1. The third-order valence-electron chi connectivity index (χ3n) is 6.32. The second-order valence-electron chi connectivity index (χ2n) is 8.60. The maximum atomic E-state index is 13.7. The quantitative estimate of drug-likeness (QED) is 0.363. The van der Waals surface area contributed by atoms with Crippen LogP contribution in [0.1, 0.15) is 61.6 Å². The molecule has 0 saturated carbocycles. The molecule has 3 N–H and O–H groups in total. The zero-order chi connectivity index (χ0) is 23.6. The zero-order valence-electron chi connectivity index (χ0n) is 19.8. The van der Waals surface area contributed by atoms with E-state index in [2.05, 4.69) is 35.8 Å². The third kappa shape index (κ3) is 6.88. The van der Waals surface area contributed by atoms with E-state index in [0.29, 0.717) is 32.5 Å². The number of rotatable bonds is 12. The molecule has 0 bridgehead atoms. The predicted molar refractivity (Wildman–Crippen MR) is 133 cm³/mol. The number of carbonyl (C=O) groups excluding carboxylic acids is 2. The number of benzene rings is 1. The molecule has 0 fully saturated rings. The number of aryl methyl sites for hydroxylation is 1. The first-order chi connectivity index (χ1) is 16.0. The second-order valence-corrected chi connectivity index (χ2v) is 9.55. The molecule has 1 amide bonds. The first-order valence-corrected chi connectivity index (χ1v) is 13.0. The molecule has 180 valence electrons. The second kappa shape index (κ2) is 12.9. The normalized spacial score (nSPS) is 17.3. The molecule has 0 spiro atoms. The van der Waals surface area contributed by atoms with Crippen molar-refractivity contribution in [1.82, 2.24) is 10.2 Å². The van der Waals surface area contributed by atoms with Crippen molar-refractivity contribution >= 4 is 23.2 Å². The summed E-state index contributed by atoms with van der Waals surface area (Å²) >= 11 is 1.71. The van der Waals surface area contributed by atoms with Crippen LogP contribution in [0.15, 0.2) is 41.8 Å². The van der Waals surface area contributed by atoms with Gasteiger partial charge in [-0.2, -0.15) is 0 Å². The van der Waals surface area contributed by atoms with Gasteiger partial charge >= 0.3 is 5.97 Å². The first-order valence-electron chi connectivity index (χ1n) is 12.1. The highest BCUT2D eigenvalue weighted by Crippen LogP contribution is 2.34. The monoisotopic (exact) mass is 471 g/mol. The maximum absolute atomic E-state index is 13.7. The summed E-state index contributed by atoms with van der Waals surface area (Å²) in [6, 6.07) is 11.3. The van der Waals surface area contributed by atoms with Gasteiger partial charge in [0.05, 0.1) is 18.7 Å². The van der Waals surface area contributed by atoms with Crippen LogP contribution in [-0.2, 0) is 27.2 Å². The van der Waals surface area contributed by atoms with Crippen molar-refractivity contribution in [3.05, 3.63) is 57.8 Å². The number of nitrogens with one attached hydrogen (secondary N) is 1. The minimum absolute atomic E-state index is 0.0467. The van der Waals surface area contributed by atoms with Crippen molar-refractivity contribution in [2.45, 2.75) is 70.5 Å². The number of hydrogen-bond donors (Lipinski definition) is 2. The summed E-state index contributed by atoms with van der Waals surface area (Å²) in [6.07, 6.45) is 4.52. The van der Waals surface area contributed by atoms with E-state index >= 15 is 0 Å². The lowest BCUT2D eigenvalue weighted by Gasteiger charge is -2.37. The highest BCUT2D eigenvalue weighted by atomic mass is 32.1. The minimum atomic E-state index is -0.533. The topological polar surface area (TPSA) is 84.7 Å². The predicted octanol–water partition coefficient (Wildman–Crippen LogP) is 3.85. The van der Waals surface area contributed by atoms with E-state index in [1.807, 2.05) is 30.0 Å². The number of nitrogens with two attached hydrogens (primary N) is 1. The third-order valence-corrected chi connectivity index (χ3v) is 7.45. The number of nitrogens with zero attached hydrogens (tertiary/aromatic N) is 1. The Morgan fingerprint density at radius 3 is 2.70 bits per heavy atom. The lowest BCUT2D eigenvalue weighted by Crippen LogP contribution is -2.54. The molecule has 1 aliphatic heterocycles. The largest absolute Gasteiger partial charge is 0.465 e. The van der Waals surface area contributed by atoms with Gasteiger partial charge in [-0.15, -0.1) is 11.3 Å². The Morgan fingerprint density at radius 1 is 1.18 bits per heavy atom. The molecule has 0 saturated heterocycles. The van der Waals surface area contributed by atoms with Crippen LogP contribution < -0.4 is 11.1 Å². The summed E-state index contributed by atoms with van der Waals surface area (Å²) in [5.41, 5.74) is 8.22. The number of ether oxygens (including phenoxy) is 1. The van der Waals surface area contributed by atoms with E-state index in [-0.39, 0.29) is 17.9 Å². The smallest absolute Gasteiger partial charge is 0.323 e. The number of amides is 1. The molecule has 0 radical (unpaired) electrons. The van der Waals surface area contributed by atoms with Crippen LogP contribution in [0.25, 0.3) is 0 Å². The molecule has 2 aromatic rings. The lowest BCUT2D eigenvalue weighted by molar-refractivity contribution is -0.146. The van der Waals surface area contributed by atoms with Crippen molar-refractivity contribution < 1.29 is 14.3 Å². The lowest BCUT2D eigenvalue weighted by atomic mass is 9.99.